The van der Waals surface area contributed by atoms with Gasteiger partial charge in [-0.3, -0.25) is 19.2 Å². The van der Waals surface area contributed by atoms with Gasteiger partial charge in [0, 0.05) is 12.2 Å². The Kier molecular flexibility index (Phi) is 5.50. The zero-order valence-electron chi connectivity index (χ0n) is 17.5. The summed E-state index contributed by atoms with van der Waals surface area (Å²) >= 11 is 0. The predicted molar refractivity (Wildman–Crippen MR) is 105 cm³/mol. The van der Waals surface area contributed by atoms with Crippen molar-refractivity contribution in [1.82, 2.24) is 25.3 Å². The lowest BCUT2D eigenvalue weighted by Crippen LogP contribution is -2.54. The summed E-state index contributed by atoms with van der Waals surface area (Å²) in [5.74, 6) is -0.517. The molecule has 0 radical (unpaired) electrons. The quantitative estimate of drug-likeness (QED) is 0.753. The highest BCUT2D eigenvalue weighted by Crippen LogP contribution is 2.38. The molecule has 2 aliphatic rings. The van der Waals surface area contributed by atoms with Crippen LogP contribution in [0, 0.1) is 26.7 Å². The molecule has 2 fully saturated rings. The Morgan fingerprint density at radius 1 is 1.32 bits per heavy atom. The number of carbonyl (C=O) groups is 3. The monoisotopic (exact) mass is 389 g/mol. The van der Waals surface area contributed by atoms with Crippen LogP contribution in [0.5, 0.6) is 0 Å². The standard InChI is InChI=1S/C20H31N5O3/c1-12-8-6-7-9-20(12)18(27)24(19(28)22-20)11-17(26)21-10-13(2)25-16(5)14(3)15(4)23-25/h12-13H,6-11H2,1-5H3,(H,21,26)(H,22,28)/t12-,13-,20-/m1/s1. The highest BCUT2D eigenvalue weighted by molar-refractivity contribution is 6.09. The topological polar surface area (TPSA) is 96.3 Å². The van der Waals surface area contributed by atoms with Gasteiger partial charge in [-0.1, -0.05) is 19.8 Å². The van der Waals surface area contributed by atoms with Gasteiger partial charge in [-0.15, -0.1) is 0 Å². The lowest BCUT2D eigenvalue weighted by Gasteiger charge is -2.36. The SMILES string of the molecule is Cc1nn([C@H](C)CNC(=O)CN2C(=O)N[C@@]3(CCCC[C@H]3C)C2=O)c(C)c1C. The first-order valence-electron chi connectivity index (χ1n) is 10.1. The second-order valence-electron chi connectivity index (χ2n) is 8.33. The minimum atomic E-state index is -0.829. The van der Waals surface area contributed by atoms with Gasteiger partial charge in [0.2, 0.25) is 5.91 Å². The Morgan fingerprint density at radius 3 is 2.64 bits per heavy atom. The lowest BCUT2D eigenvalue weighted by molar-refractivity contribution is -0.137. The van der Waals surface area contributed by atoms with E-state index in [4.69, 9.17) is 0 Å². The Morgan fingerprint density at radius 2 is 2.04 bits per heavy atom. The lowest BCUT2D eigenvalue weighted by atomic mass is 9.73. The van der Waals surface area contributed by atoms with E-state index in [2.05, 4.69) is 15.7 Å². The molecule has 0 aromatic carbocycles. The molecule has 1 aromatic heterocycles. The first kappa shape index (κ1) is 20.4. The summed E-state index contributed by atoms with van der Waals surface area (Å²) in [5, 5.41) is 10.2. The largest absolute Gasteiger partial charge is 0.352 e. The van der Waals surface area contributed by atoms with Gasteiger partial charge in [0.15, 0.2) is 0 Å². The molecule has 8 heteroatoms. The van der Waals surface area contributed by atoms with Crippen molar-refractivity contribution < 1.29 is 14.4 Å². The molecule has 0 unspecified atom stereocenters. The van der Waals surface area contributed by atoms with Crippen LogP contribution in [0.2, 0.25) is 0 Å². The van der Waals surface area contributed by atoms with Crippen molar-refractivity contribution in [3.63, 3.8) is 0 Å². The highest BCUT2D eigenvalue weighted by Gasteiger charge is 2.55. The summed E-state index contributed by atoms with van der Waals surface area (Å²) in [6.07, 6.45) is 3.53. The number of hydrogen-bond donors (Lipinski definition) is 2. The van der Waals surface area contributed by atoms with E-state index in [0.717, 1.165) is 41.1 Å². The van der Waals surface area contributed by atoms with E-state index in [0.29, 0.717) is 13.0 Å². The fraction of sp³-hybridized carbons (Fsp3) is 0.700. The molecule has 1 aromatic rings. The van der Waals surface area contributed by atoms with Crippen molar-refractivity contribution >= 4 is 17.8 Å². The van der Waals surface area contributed by atoms with E-state index < -0.39 is 11.6 Å². The van der Waals surface area contributed by atoms with E-state index in [-0.39, 0.29) is 30.3 Å². The summed E-state index contributed by atoms with van der Waals surface area (Å²) in [5.41, 5.74) is 2.36. The molecule has 1 aliphatic carbocycles. The number of amides is 4. The Bertz CT molecular complexity index is 802. The molecule has 1 saturated heterocycles. The smallest absolute Gasteiger partial charge is 0.325 e. The van der Waals surface area contributed by atoms with Crippen LogP contribution in [-0.2, 0) is 9.59 Å². The molecule has 3 atom stereocenters. The zero-order chi connectivity index (χ0) is 20.6. The molecule has 0 bridgehead atoms. The van der Waals surface area contributed by atoms with Gasteiger partial charge in [-0.2, -0.15) is 5.10 Å². The summed E-state index contributed by atoms with van der Waals surface area (Å²) in [6, 6.07) is -0.486. The summed E-state index contributed by atoms with van der Waals surface area (Å²) in [7, 11) is 0. The van der Waals surface area contributed by atoms with Crippen LogP contribution in [0.25, 0.3) is 0 Å². The van der Waals surface area contributed by atoms with Crippen molar-refractivity contribution in [2.45, 2.75) is 71.9 Å². The maximum absolute atomic E-state index is 12.9. The van der Waals surface area contributed by atoms with E-state index in [1.807, 2.05) is 39.3 Å². The number of aromatic nitrogens is 2. The van der Waals surface area contributed by atoms with E-state index in [9.17, 15) is 14.4 Å². The van der Waals surface area contributed by atoms with E-state index >= 15 is 0 Å². The second kappa shape index (κ2) is 7.56. The number of imide groups is 1. The summed E-state index contributed by atoms with van der Waals surface area (Å²) in [6.45, 7) is 10.1. The third-order valence-corrected chi connectivity index (χ3v) is 6.50. The first-order chi connectivity index (χ1) is 13.2. The number of urea groups is 1. The van der Waals surface area contributed by atoms with Crippen LogP contribution >= 0.6 is 0 Å². The zero-order valence-corrected chi connectivity index (χ0v) is 17.5. The normalized spacial score (nSPS) is 25.9. The molecule has 1 spiro atoms. The molecule has 1 saturated carbocycles. The van der Waals surface area contributed by atoms with Crippen LogP contribution in [0.4, 0.5) is 4.79 Å². The molecule has 3 rings (SSSR count). The molecule has 28 heavy (non-hydrogen) atoms. The fourth-order valence-electron chi connectivity index (χ4n) is 4.36. The molecular weight excluding hydrogens is 358 g/mol. The van der Waals surface area contributed by atoms with Crippen molar-refractivity contribution in [1.29, 1.82) is 0 Å². The molecule has 1 aliphatic heterocycles. The minimum Gasteiger partial charge on any atom is -0.352 e. The van der Waals surface area contributed by atoms with Crippen molar-refractivity contribution in [3.05, 3.63) is 17.0 Å². The average Bonchev–Trinajstić information content (AvgIpc) is 3.05. The molecule has 2 N–H and O–H groups in total. The van der Waals surface area contributed by atoms with Gasteiger partial charge in [0.1, 0.15) is 12.1 Å². The molecule has 2 heterocycles. The van der Waals surface area contributed by atoms with Gasteiger partial charge >= 0.3 is 6.03 Å². The number of aryl methyl sites for hydroxylation is 1. The van der Waals surface area contributed by atoms with Crippen LogP contribution in [0.3, 0.4) is 0 Å². The van der Waals surface area contributed by atoms with Crippen molar-refractivity contribution in [3.8, 4) is 0 Å². The number of nitrogens with zero attached hydrogens (tertiary/aromatic N) is 3. The number of carbonyl (C=O) groups excluding carboxylic acids is 3. The van der Waals surface area contributed by atoms with Gasteiger partial charge in [0.25, 0.3) is 5.91 Å². The summed E-state index contributed by atoms with van der Waals surface area (Å²) < 4.78 is 1.90. The average molecular weight is 390 g/mol. The fourth-order valence-corrected chi connectivity index (χ4v) is 4.36. The van der Waals surface area contributed by atoms with Gasteiger partial charge in [-0.05, 0) is 52.0 Å². The molecule has 8 nitrogen and oxygen atoms in total. The second-order valence-corrected chi connectivity index (χ2v) is 8.33. The Balaban J connectivity index is 1.59. The molecule has 154 valence electrons. The number of rotatable bonds is 5. The van der Waals surface area contributed by atoms with Crippen LogP contribution in [0.1, 0.15) is 62.5 Å². The Labute approximate surface area is 166 Å². The third kappa shape index (κ3) is 3.40. The van der Waals surface area contributed by atoms with Crippen LogP contribution < -0.4 is 10.6 Å². The first-order valence-corrected chi connectivity index (χ1v) is 10.1. The predicted octanol–water partition coefficient (Wildman–Crippen LogP) is 1.99. The summed E-state index contributed by atoms with van der Waals surface area (Å²) in [4.78, 5) is 38.8. The number of hydrogen-bond acceptors (Lipinski definition) is 4. The maximum atomic E-state index is 12.9. The third-order valence-electron chi connectivity index (χ3n) is 6.50. The van der Waals surface area contributed by atoms with Gasteiger partial charge in [0.05, 0.1) is 11.7 Å². The van der Waals surface area contributed by atoms with Gasteiger partial charge in [-0.25, -0.2) is 4.79 Å². The van der Waals surface area contributed by atoms with Crippen LogP contribution in [0.15, 0.2) is 0 Å². The maximum Gasteiger partial charge on any atom is 0.325 e. The van der Waals surface area contributed by atoms with Crippen LogP contribution in [-0.4, -0.2) is 51.2 Å². The van der Waals surface area contributed by atoms with Crippen molar-refractivity contribution in [2.24, 2.45) is 5.92 Å². The van der Waals surface area contributed by atoms with E-state index in [1.165, 1.54) is 0 Å². The molecule has 4 amide bonds. The molecular formula is C20H31N5O3. The Hall–Kier alpha value is -2.38. The highest BCUT2D eigenvalue weighted by atomic mass is 16.2. The van der Waals surface area contributed by atoms with E-state index in [1.54, 1.807) is 0 Å². The van der Waals surface area contributed by atoms with Crippen molar-refractivity contribution in [2.75, 3.05) is 13.1 Å². The minimum absolute atomic E-state index is 0.0239. The number of nitrogens with one attached hydrogen (secondary N) is 2. The van der Waals surface area contributed by atoms with Gasteiger partial charge < -0.3 is 10.6 Å².